The molecule has 0 spiro atoms. The van der Waals surface area contributed by atoms with E-state index in [-0.39, 0.29) is 12.4 Å². The number of Topliss-reactive ketones (excluding diaryl/α,β-unsaturated/α-hetero) is 1. The fourth-order valence-electron chi connectivity index (χ4n) is 1.50. The number of ketones is 1. The van der Waals surface area contributed by atoms with Gasteiger partial charge in [0.05, 0.1) is 11.9 Å². The fourth-order valence-corrected chi connectivity index (χ4v) is 1.50. The summed E-state index contributed by atoms with van der Waals surface area (Å²) >= 11 is 0. The molecule has 1 aromatic heterocycles. The highest BCUT2D eigenvalue weighted by Crippen LogP contribution is 1.93. The average Bonchev–Trinajstić information content (AvgIpc) is 2.90. The van der Waals surface area contributed by atoms with Crippen LogP contribution in [0.4, 0.5) is 0 Å². The number of nitrogens with one attached hydrogen (secondary N) is 2. The first kappa shape index (κ1) is 15.3. The van der Waals surface area contributed by atoms with E-state index in [1.54, 1.807) is 13.1 Å². The lowest BCUT2D eigenvalue weighted by Crippen LogP contribution is -2.19. The topological polar surface area (TPSA) is 79.9 Å². The van der Waals surface area contributed by atoms with E-state index >= 15 is 0 Å². The maximum atomic E-state index is 11.0. The Morgan fingerprint density at radius 3 is 3.05 bits per heavy atom. The van der Waals surface area contributed by atoms with Gasteiger partial charge in [0.25, 0.3) is 0 Å². The molecule has 0 aliphatic carbocycles. The third kappa shape index (κ3) is 8.08. The molecule has 0 saturated heterocycles. The number of rotatable bonds is 10. The van der Waals surface area contributed by atoms with Crippen molar-refractivity contribution in [2.75, 3.05) is 26.3 Å². The van der Waals surface area contributed by atoms with Gasteiger partial charge < -0.3 is 10.1 Å². The quantitative estimate of drug-likeness (QED) is 0.361. The first-order valence-corrected chi connectivity index (χ1v) is 6.41. The molecule has 1 aromatic rings. The summed E-state index contributed by atoms with van der Waals surface area (Å²) in [5.41, 5.74) is 0.987. The van der Waals surface area contributed by atoms with Gasteiger partial charge in [-0.25, -0.2) is 0 Å². The molecule has 0 aliphatic rings. The largest absolute Gasteiger partial charge is 0.373 e. The number of H-pyrrole nitrogens is 1. The third-order valence-corrected chi connectivity index (χ3v) is 2.39. The lowest BCUT2D eigenvalue weighted by atomic mass is 10.2. The highest BCUT2D eigenvalue weighted by molar-refractivity contribution is 5.96. The van der Waals surface area contributed by atoms with Crippen LogP contribution in [0.15, 0.2) is 6.20 Å². The van der Waals surface area contributed by atoms with Gasteiger partial charge in [0.2, 0.25) is 5.78 Å². The van der Waals surface area contributed by atoms with Gasteiger partial charge in [0.1, 0.15) is 6.61 Å². The van der Waals surface area contributed by atoms with E-state index in [9.17, 15) is 4.79 Å². The van der Waals surface area contributed by atoms with Crippen molar-refractivity contribution in [3.05, 3.63) is 11.9 Å². The number of hydrogen-bond donors (Lipinski definition) is 2. The average molecular weight is 264 g/mol. The van der Waals surface area contributed by atoms with Crippen LogP contribution in [-0.2, 0) is 16.0 Å². The second kappa shape index (κ2) is 10.2. The van der Waals surface area contributed by atoms with Crippen molar-refractivity contribution in [2.45, 2.75) is 26.2 Å². The molecule has 0 amide bonds. The second-order valence-corrected chi connectivity index (χ2v) is 4.02. The van der Waals surface area contributed by atoms with E-state index in [1.165, 1.54) is 0 Å². The van der Waals surface area contributed by atoms with Gasteiger partial charge in [-0.3, -0.25) is 4.79 Å². The number of aryl methyl sites for hydroxylation is 1. The number of aromatic amines is 1. The van der Waals surface area contributed by atoms with Crippen LogP contribution in [-0.4, -0.2) is 47.5 Å². The molecule has 0 unspecified atom stereocenters. The predicted octanol–water partition coefficient (Wildman–Crippen LogP) is 0.326. The highest BCUT2D eigenvalue weighted by Gasteiger charge is 1.97. The van der Waals surface area contributed by atoms with Crippen molar-refractivity contribution in [1.82, 2.24) is 20.7 Å². The molecular formula is C13H20N4O2. The van der Waals surface area contributed by atoms with Crippen molar-refractivity contribution >= 4 is 5.78 Å². The summed E-state index contributed by atoms with van der Waals surface area (Å²) in [5, 5.41) is 13.6. The van der Waals surface area contributed by atoms with E-state index < -0.39 is 0 Å². The van der Waals surface area contributed by atoms with Gasteiger partial charge in [0.15, 0.2) is 0 Å². The van der Waals surface area contributed by atoms with Crippen molar-refractivity contribution in [2.24, 2.45) is 0 Å². The highest BCUT2D eigenvalue weighted by atomic mass is 16.5. The number of aromatic nitrogens is 3. The van der Waals surface area contributed by atoms with Crippen LogP contribution in [0.2, 0.25) is 0 Å². The molecule has 2 N–H and O–H groups in total. The van der Waals surface area contributed by atoms with Crippen LogP contribution in [0.3, 0.4) is 0 Å². The number of carbonyl (C=O) groups is 1. The number of nitrogens with zero attached hydrogens (tertiary/aromatic N) is 2. The molecule has 1 heterocycles. The van der Waals surface area contributed by atoms with Crippen LogP contribution in [0.5, 0.6) is 0 Å². The maximum absolute atomic E-state index is 11.0. The zero-order chi connectivity index (χ0) is 13.8. The number of carbonyl (C=O) groups excluding carboxylic acids is 1. The molecule has 104 valence electrons. The zero-order valence-electron chi connectivity index (χ0n) is 11.2. The summed E-state index contributed by atoms with van der Waals surface area (Å²) in [6.07, 6.45) is 4.57. The first-order valence-electron chi connectivity index (χ1n) is 6.41. The Morgan fingerprint density at radius 1 is 1.47 bits per heavy atom. The van der Waals surface area contributed by atoms with E-state index in [4.69, 9.17) is 4.74 Å². The second-order valence-electron chi connectivity index (χ2n) is 4.02. The lowest BCUT2D eigenvalue weighted by molar-refractivity contribution is -0.118. The van der Waals surface area contributed by atoms with E-state index in [0.29, 0.717) is 6.61 Å². The summed E-state index contributed by atoms with van der Waals surface area (Å²) in [6.45, 7) is 4.13. The maximum Gasteiger partial charge on any atom is 0.231 e. The summed E-state index contributed by atoms with van der Waals surface area (Å²) < 4.78 is 5.20. The summed E-state index contributed by atoms with van der Waals surface area (Å²) in [7, 11) is 0. The Labute approximate surface area is 113 Å². The molecule has 19 heavy (non-hydrogen) atoms. The monoisotopic (exact) mass is 264 g/mol. The summed E-state index contributed by atoms with van der Waals surface area (Å²) in [5.74, 6) is 4.82. The Balaban J connectivity index is 1.83. The Hall–Kier alpha value is -1.71. The summed E-state index contributed by atoms with van der Waals surface area (Å²) in [4.78, 5) is 11.0. The fraction of sp³-hybridized carbons (Fsp3) is 0.615. The normalized spacial score (nSPS) is 9.95. The molecule has 0 bridgehead atoms. The van der Waals surface area contributed by atoms with Crippen LogP contribution >= 0.6 is 0 Å². The van der Waals surface area contributed by atoms with Gasteiger partial charge in [-0.15, -0.1) is 0 Å². The zero-order valence-corrected chi connectivity index (χ0v) is 11.2. The third-order valence-electron chi connectivity index (χ3n) is 2.39. The van der Waals surface area contributed by atoms with Gasteiger partial charge in [-0.05, 0) is 45.2 Å². The molecule has 0 atom stereocenters. The summed E-state index contributed by atoms with van der Waals surface area (Å²) in [6, 6.07) is 0. The number of ether oxygens (including phenoxy) is 1. The standard InChI is InChI=1S/C13H20N4O2/c1-2-5-13(18)11-19-9-4-8-14-7-3-6-12-10-15-17-16-12/h10,14H,3-4,6-9,11H2,1H3,(H,15,16,17). The molecule has 0 saturated carbocycles. The molecule has 1 rings (SSSR count). The van der Waals surface area contributed by atoms with Crippen molar-refractivity contribution in [3.8, 4) is 11.8 Å². The minimum absolute atomic E-state index is 0.0903. The van der Waals surface area contributed by atoms with Crippen LogP contribution in [0.25, 0.3) is 0 Å². The Morgan fingerprint density at radius 2 is 2.32 bits per heavy atom. The smallest absolute Gasteiger partial charge is 0.231 e. The van der Waals surface area contributed by atoms with E-state index in [0.717, 1.165) is 38.0 Å². The van der Waals surface area contributed by atoms with Crippen LogP contribution < -0.4 is 5.32 Å². The molecule has 0 radical (unpaired) electrons. The lowest BCUT2D eigenvalue weighted by Gasteiger charge is -2.04. The van der Waals surface area contributed by atoms with Crippen LogP contribution in [0.1, 0.15) is 25.5 Å². The van der Waals surface area contributed by atoms with Crippen molar-refractivity contribution < 1.29 is 9.53 Å². The molecule has 0 aliphatic heterocycles. The van der Waals surface area contributed by atoms with E-state index in [2.05, 4.69) is 32.6 Å². The van der Waals surface area contributed by atoms with Gasteiger partial charge in [-0.2, -0.15) is 15.4 Å². The van der Waals surface area contributed by atoms with Gasteiger partial charge in [0, 0.05) is 6.61 Å². The predicted molar refractivity (Wildman–Crippen MR) is 71.5 cm³/mol. The SMILES string of the molecule is CC#CC(=O)COCCCNCCCc1cn[nH]n1. The number of hydrogen-bond acceptors (Lipinski definition) is 5. The van der Waals surface area contributed by atoms with Gasteiger partial charge >= 0.3 is 0 Å². The van der Waals surface area contributed by atoms with Crippen molar-refractivity contribution in [1.29, 1.82) is 0 Å². The minimum atomic E-state index is -0.164. The minimum Gasteiger partial charge on any atom is -0.373 e. The van der Waals surface area contributed by atoms with Crippen molar-refractivity contribution in [3.63, 3.8) is 0 Å². The first-order chi connectivity index (χ1) is 9.33. The Kier molecular flexibility index (Phi) is 8.27. The molecule has 6 heteroatoms. The Bertz CT molecular complexity index is 406. The molecular weight excluding hydrogens is 244 g/mol. The molecule has 0 aromatic carbocycles. The van der Waals surface area contributed by atoms with Gasteiger partial charge in [-0.1, -0.05) is 5.92 Å². The molecule has 0 fully saturated rings. The molecule has 6 nitrogen and oxygen atoms in total. The van der Waals surface area contributed by atoms with Crippen LogP contribution in [0, 0.1) is 11.8 Å². The van der Waals surface area contributed by atoms with E-state index in [1.807, 2.05) is 0 Å².